The van der Waals surface area contributed by atoms with Crippen LogP contribution in [0.2, 0.25) is 0 Å². The lowest BCUT2D eigenvalue weighted by Crippen LogP contribution is -2.37. The molecule has 0 fully saturated rings. The van der Waals surface area contributed by atoms with Crippen LogP contribution in [0.1, 0.15) is 59.8 Å². The molecule has 0 N–H and O–H groups in total. The van der Waals surface area contributed by atoms with Gasteiger partial charge < -0.3 is 9.47 Å². The maximum Gasteiger partial charge on any atom is 0.314 e. The first-order chi connectivity index (χ1) is 8.52. The van der Waals surface area contributed by atoms with Crippen LogP contribution in [-0.4, -0.2) is 26.3 Å². The second kappa shape index (κ2) is 9.37. The lowest BCUT2D eigenvalue weighted by Gasteiger charge is -2.31. The van der Waals surface area contributed by atoms with Crippen LogP contribution < -0.4 is 0 Å². The SMILES string of the molecule is CCCCC(CCC(C)C)(COC)C(=O)OCC. The Morgan fingerprint density at radius 2 is 1.89 bits per heavy atom. The van der Waals surface area contributed by atoms with E-state index in [4.69, 9.17) is 9.47 Å². The zero-order chi connectivity index (χ0) is 14.0. The number of rotatable bonds is 10. The quantitative estimate of drug-likeness (QED) is 0.559. The number of carbonyl (C=O) groups is 1. The molecule has 108 valence electrons. The van der Waals surface area contributed by atoms with Gasteiger partial charge >= 0.3 is 5.97 Å². The molecule has 0 aliphatic heterocycles. The average molecular weight is 258 g/mol. The number of carbonyl (C=O) groups excluding carboxylic acids is 1. The average Bonchev–Trinajstić information content (AvgIpc) is 2.33. The third-order valence-corrected chi connectivity index (χ3v) is 3.34. The van der Waals surface area contributed by atoms with E-state index in [0.717, 1.165) is 32.1 Å². The highest BCUT2D eigenvalue weighted by Crippen LogP contribution is 2.34. The van der Waals surface area contributed by atoms with Gasteiger partial charge in [0, 0.05) is 7.11 Å². The van der Waals surface area contributed by atoms with Crippen molar-refractivity contribution in [2.75, 3.05) is 20.3 Å². The summed E-state index contributed by atoms with van der Waals surface area (Å²) >= 11 is 0. The summed E-state index contributed by atoms with van der Waals surface area (Å²) in [5, 5.41) is 0. The van der Waals surface area contributed by atoms with Crippen molar-refractivity contribution in [3.8, 4) is 0 Å². The first kappa shape index (κ1) is 17.4. The first-order valence-corrected chi connectivity index (χ1v) is 7.18. The Morgan fingerprint density at radius 3 is 2.33 bits per heavy atom. The van der Waals surface area contributed by atoms with Gasteiger partial charge in [0.05, 0.1) is 18.6 Å². The van der Waals surface area contributed by atoms with Crippen molar-refractivity contribution in [3.63, 3.8) is 0 Å². The Kier molecular flexibility index (Phi) is 9.08. The summed E-state index contributed by atoms with van der Waals surface area (Å²) in [6.07, 6.45) is 4.89. The molecule has 0 aliphatic rings. The Morgan fingerprint density at radius 1 is 1.22 bits per heavy atom. The number of hydrogen-bond acceptors (Lipinski definition) is 3. The maximum absolute atomic E-state index is 12.3. The van der Waals surface area contributed by atoms with Crippen molar-refractivity contribution >= 4 is 5.97 Å². The molecular weight excluding hydrogens is 228 g/mol. The molecule has 0 heterocycles. The number of esters is 1. The highest BCUT2D eigenvalue weighted by molar-refractivity contribution is 5.77. The van der Waals surface area contributed by atoms with E-state index in [1.54, 1.807) is 7.11 Å². The number of methoxy groups -OCH3 is 1. The van der Waals surface area contributed by atoms with Gasteiger partial charge in [-0.3, -0.25) is 4.79 Å². The van der Waals surface area contributed by atoms with E-state index in [2.05, 4.69) is 20.8 Å². The highest BCUT2D eigenvalue weighted by atomic mass is 16.5. The predicted octanol–water partition coefficient (Wildman–Crippen LogP) is 3.81. The minimum absolute atomic E-state index is 0.0825. The minimum Gasteiger partial charge on any atom is -0.465 e. The molecule has 3 nitrogen and oxygen atoms in total. The molecule has 0 aromatic carbocycles. The lowest BCUT2D eigenvalue weighted by molar-refractivity contribution is -0.160. The summed E-state index contributed by atoms with van der Waals surface area (Å²) in [6.45, 7) is 9.28. The van der Waals surface area contributed by atoms with E-state index >= 15 is 0 Å². The zero-order valence-corrected chi connectivity index (χ0v) is 12.8. The van der Waals surface area contributed by atoms with Gasteiger partial charge in [0.25, 0.3) is 0 Å². The van der Waals surface area contributed by atoms with Crippen LogP contribution in [0.3, 0.4) is 0 Å². The highest BCUT2D eigenvalue weighted by Gasteiger charge is 2.39. The molecule has 1 unspecified atom stereocenters. The fourth-order valence-corrected chi connectivity index (χ4v) is 2.17. The lowest BCUT2D eigenvalue weighted by atomic mass is 9.78. The number of unbranched alkanes of at least 4 members (excludes halogenated alkanes) is 1. The molecule has 0 saturated heterocycles. The molecule has 0 radical (unpaired) electrons. The molecule has 0 bridgehead atoms. The van der Waals surface area contributed by atoms with Crippen molar-refractivity contribution < 1.29 is 14.3 Å². The van der Waals surface area contributed by atoms with Gasteiger partial charge in [-0.05, 0) is 32.1 Å². The Labute approximate surface area is 112 Å². The van der Waals surface area contributed by atoms with Crippen molar-refractivity contribution in [3.05, 3.63) is 0 Å². The predicted molar refractivity (Wildman–Crippen MR) is 74.5 cm³/mol. The van der Waals surface area contributed by atoms with Crippen molar-refractivity contribution in [1.29, 1.82) is 0 Å². The van der Waals surface area contributed by atoms with Crippen LogP contribution in [0, 0.1) is 11.3 Å². The summed E-state index contributed by atoms with van der Waals surface area (Å²) in [6, 6.07) is 0. The maximum atomic E-state index is 12.3. The molecule has 3 heteroatoms. The van der Waals surface area contributed by atoms with Crippen LogP contribution >= 0.6 is 0 Å². The molecule has 0 aromatic rings. The summed E-state index contributed by atoms with van der Waals surface area (Å²) < 4.78 is 10.6. The van der Waals surface area contributed by atoms with Crippen LogP contribution in [0.4, 0.5) is 0 Å². The normalized spacial score (nSPS) is 14.6. The third kappa shape index (κ3) is 5.85. The molecule has 18 heavy (non-hydrogen) atoms. The van der Waals surface area contributed by atoms with E-state index in [1.807, 2.05) is 6.92 Å². The molecule has 0 rings (SSSR count). The monoisotopic (exact) mass is 258 g/mol. The van der Waals surface area contributed by atoms with E-state index in [-0.39, 0.29) is 5.97 Å². The summed E-state index contributed by atoms with van der Waals surface area (Å²) in [5.41, 5.74) is -0.439. The standard InChI is InChI=1S/C15H30O3/c1-6-8-10-15(12-17-5,11-9-13(3)4)14(16)18-7-2/h13H,6-12H2,1-5H3. The zero-order valence-electron chi connectivity index (χ0n) is 12.8. The molecule has 1 atom stereocenters. The third-order valence-electron chi connectivity index (χ3n) is 3.34. The Balaban J connectivity index is 4.81. The van der Waals surface area contributed by atoms with Crippen molar-refractivity contribution in [2.24, 2.45) is 11.3 Å². The van der Waals surface area contributed by atoms with Crippen LogP contribution in [0.5, 0.6) is 0 Å². The fourth-order valence-electron chi connectivity index (χ4n) is 2.17. The fraction of sp³-hybridized carbons (Fsp3) is 0.933. The van der Waals surface area contributed by atoms with Crippen LogP contribution in [-0.2, 0) is 14.3 Å². The smallest absolute Gasteiger partial charge is 0.314 e. The topological polar surface area (TPSA) is 35.5 Å². The van der Waals surface area contributed by atoms with Gasteiger partial charge in [0.2, 0.25) is 0 Å². The molecule has 0 spiro atoms. The molecule has 0 aromatic heterocycles. The number of hydrogen-bond donors (Lipinski definition) is 0. The minimum atomic E-state index is -0.439. The van der Waals surface area contributed by atoms with E-state index in [9.17, 15) is 4.79 Å². The van der Waals surface area contributed by atoms with Gasteiger partial charge in [-0.15, -0.1) is 0 Å². The second-order valence-electron chi connectivity index (χ2n) is 5.47. The molecular formula is C15H30O3. The Hall–Kier alpha value is -0.570. The summed E-state index contributed by atoms with van der Waals surface area (Å²) in [5.74, 6) is 0.512. The van der Waals surface area contributed by atoms with Crippen LogP contribution in [0.15, 0.2) is 0 Å². The first-order valence-electron chi connectivity index (χ1n) is 7.18. The van der Waals surface area contributed by atoms with Gasteiger partial charge in [-0.25, -0.2) is 0 Å². The van der Waals surface area contributed by atoms with Gasteiger partial charge in [-0.2, -0.15) is 0 Å². The van der Waals surface area contributed by atoms with Gasteiger partial charge in [0.15, 0.2) is 0 Å². The van der Waals surface area contributed by atoms with Gasteiger partial charge in [0.1, 0.15) is 0 Å². The van der Waals surface area contributed by atoms with E-state index in [0.29, 0.717) is 19.1 Å². The summed E-state index contributed by atoms with van der Waals surface area (Å²) in [4.78, 5) is 12.3. The second-order valence-corrected chi connectivity index (χ2v) is 5.47. The summed E-state index contributed by atoms with van der Waals surface area (Å²) in [7, 11) is 1.66. The van der Waals surface area contributed by atoms with Crippen LogP contribution in [0.25, 0.3) is 0 Å². The largest absolute Gasteiger partial charge is 0.465 e. The van der Waals surface area contributed by atoms with Crippen molar-refractivity contribution in [1.82, 2.24) is 0 Å². The van der Waals surface area contributed by atoms with Gasteiger partial charge in [-0.1, -0.05) is 33.6 Å². The molecule has 0 aliphatic carbocycles. The Bertz CT molecular complexity index is 226. The van der Waals surface area contributed by atoms with E-state index < -0.39 is 5.41 Å². The molecule has 0 saturated carbocycles. The van der Waals surface area contributed by atoms with Crippen molar-refractivity contribution in [2.45, 2.75) is 59.8 Å². The number of ether oxygens (including phenoxy) is 2. The molecule has 0 amide bonds. The van der Waals surface area contributed by atoms with E-state index in [1.165, 1.54) is 0 Å².